The summed E-state index contributed by atoms with van der Waals surface area (Å²) in [7, 11) is 2.01. The van der Waals surface area contributed by atoms with Crippen molar-refractivity contribution in [2.75, 3.05) is 26.7 Å². The minimum Gasteiger partial charge on any atom is -0.320 e. The van der Waals surface area contributed by atoms with Crippen LogP contribution in [-0.4, -0.2) is 26.7 Å². The topological polar surface area (TPSA) is 24.1 Å². The van der Waals surface area contributed by atoms with Crippen LogP contribution in [0.25, 0.3) is 0 Å². The van der Waals surface area contributed by atoms with E-state index in [1.807, 2.05) is 20.9 Å². The smallest absolute Gasteiger partial charge is 0.00180 e. The quantitative estimate of drug-likeness (QED) is 0.735. The van der Waals surface area contributed by atoms with Gasteiger partial charge in [0.15, 0.2) is 0 Å². The average Bonchev–Trinajstić information content (AvgIpc) is 2.16. The van der Waals surface area contributed by atoms with Crippen LogP contribution in [-0.2, 0) is 0 Å². The molecule has 0 aliphatic carbocycles. The minimum atomic E-state index is 0.600. The van der Waals surface area contributed by atoms with E-state index in [2.05, 4.69) is 31.4 Å². The molecule has 2 heteroatoms. The molecule has 0 spiro atoms. The Morgan fingerprint density at radius 1 is 1.21 bits per heavy atom. The van der Waals surface area contributed by atoms with Crippen molar-refractivity contribution >= 4 is 0 Å². The Balaban J connectivity index is 0. The van der Waals surface area contributed by atoms with Crippen LogP contribution in [0.4, 0.5) is 0 Å². The van der Waals surface area contributed by atoms with Gasteiger partial charge < -0.3 is 10.6 Å². The summed E-state index contributed by atoms with van der Waals surface area (Å²) in [6.07, 6.45) is 2.55. The van der Waals surface area contributed by atoms with Crippen molar-refractivity contribution in [3.63, 3.8) is 0 Å². The lowest BCUT2D eigenvalue weighted by atomic mass is 9.81. The highest BCUT2D eigenvalue weighted by Gasteiger charge is 2.30. The molecule has 0 aromatic heterocycles. The first-order chi connectivity index (χ1) is 6.68. The van der Waals surface area contributed by atoms with Crippen LogP contribution in [0.1, 0.15) is 47.5 Å². The van der Waals surface area contributed by atoms with Crippen LogP contribution in [0.2, 0.25) is 0 Å². The van der Waals surface area contributed by atoms with E-state index in [1.165, 1.54) is 25.9 Å². The maximum atomic E-state index is 3.28. The molecular formula is C12H30N2. The zero-order valence-electron chi connectivity index (χ0n) is 11.0. The van der Waals surface area contributed by atoms with Crippen molar-refractivity contribution in [1.82, 2.24) is 10.6 Å². The lowest BCUT2D eigenvalue weighted by Gasteiger charge is -2.39. The number of hydrogen-bond acceptors (Lipinski definition) is 2. The van der Waals surface area contributed by atoms with Crippen LogP contribution in [0.5, 0.6) is 0 Å². The molecule has 0 aromatic carbocycles. The molecule has 2 nitrogen and oxygen atoms in total. The summed E-state index contributed by atoms with van der Waals surface area (Å²) in [5.74, 6) is 0. The van der Waals surface area contributed by atoms with Gasteiger partial charge in [0.05, 0.1) is 0 Å². The molecule has 0 atom stereocenters. The molecule has 1 aliphatic rings. The maximum absolute atomic E-state index is 3.28. The van der Waals surface area contributed by atoms with Gasteiger partial charge in [-0.3, -0.25) is 0 Å². The van der Waals surface area contributed by atoms with Crippen LogP contribution < -0.4 is 10.6 Å². The van der Waals surface area contributed by atoms with Crippen molar-refractivity contribution in [2.24, 2.45) is 5.41 Å². The molecule has 0 saturated carbocycles. The van der Waals surface area contributed by atoms with E-state index < -0.39 is 0 Å². The van der Waals surface area contributed by atoms with E-state index in [0.717, 1.165) is 6.54 Å². The van der Waals surface area contributed by atoms with Crippen LogP contribution >= 0.6 is 0 Å². The van der Waals surface area contributed by atoms with E-state index in [4.69, 9.17) is 0 Å². The molecule has 2 N–H and O–H groups in total. The van der Waals surface area contributed by atoms with Gasteiger partial charge in [0, 0.05) is 13.1 Å². The summed E-state index contributed by atoms with van der Waals surface area (Å²) in [5.41, 5.74) is 0.600. The van der Waals surface area contributed by atoms with Gasteiger partial charge in [-0.25, -0.2) is 0 Å². The molecule has 1 saturated heterocycles. The van der Waals surface area contributed by atoms with E-state index in [-0.39, 0.29) is 0 Å². The summed E-state index contributed by atoms with van der Waals surface area (Å²) >= 11 is 0. The zero-order valence-corrected chi connectivity index (χ0v) is 11.0. The second-order valence-corrected chi connectivity index (χ2v) is 3.97. The fraction of sp³-hybridized carbons (Fsp3) is 1.00. The first kappa shape index (κ1) is 16.4. The molecule has 1 fully saturated rings. The normalized spacial score (nSPS) is 16.7. The second kappa shape index (κ2) is 11.0. The van der Waals surface area contributed by atoms with Gasteiger partial charge in [0.1, 0.15) is 0 Å². The molecular weight excluding hydrogens is 172 g/mol. The maximum Gasteiger partial charge on any atom is 0.00180 e. The van der Waals surface area contributed by atoms with Crippen LogP contribution in [0.3, 0.4) is 0 Å². The van der Waals surface area contributed by atoms with Crippen molar-refractivity contribution < 1.29 is 0 Å². The largest absolute Gasteiger partial charge is 0.320 e. The third-order valence-corrected chi connectivity index (χ3v) is 2.08. The molecule has 1 aliphatic heterocycles. The highest BCUT2D eigenvalue weighted by Crippen LogP contribution is 2.24. The van der Waals surface area contributed by atoms with E-state index in [9.17, 15) is 0 Å². The molecule has 0 aromatic rings. The van der Waals surface area contributed by atoms with Crippen molar-refractivity contribution in [2.45, 2.75) is 47.5 Å². The third-order valence-electron chi connectivity index (χ3n) is 2.08. The Bertz CT molecular complexity index is 98.5. The fourth-order valence-corrected chi connectivity index (χ4v) is 1.16. The molecule has 1 rings (SSSR count). The Kier molecular flexibility index (Phi) is 12.8. The highest BCUT2D eigenvalue weighted by atomic mass is 15.0. The summed E-state index contributed by atoms with van der Waals surface area (Å²) in [4.78, 5) is 0. The Morgan fingerprint density at radius 2 is 1.64 bits per heavy atom. The van der Waals surface area contributed by atoms with Crippen LogP contribution in [0.15, 0.2) is 0 Å². The van der Waals surface area contributed by atoms with E-state index in [1.54, 1.807) is 0 Å². The van der Waals surface area contributed by atoms with Gasteiger partial charge in [-0.2, -0.15) is 0 Å². The number of nitrogens with one attached hydrogen (secondary N) is 2. The summed E-state index contributed by atoms with van der Waals surface area (Å²) < 4.78 is 0. The number of rotatable bonds is 3. The minimum absolute atomic E-state index is 0.600. The van der Waals surface area contributed by atoms with Crippen molar-refractivity contribution in [1.29, 1.82) is 0 Å². The first-order valence-electron chi connectivity index (χ1n) is 6.04. The van der Waals surface area contributed by atoms with Gasteiger partial charge in [-0.05, 0) is 25.4 Å². The third kappa shape index (κ3) is 8.52. The molecule has 1 heterocycles. The lowest BCUT2D eigenvalue weighted by molar-refractivity contribution is 0.180. The highest BCUT2D eigenvalue weighted by molar-refractivity contribution is 4.88. The number of hydrogen-bond donors (Lipinski definition) is 2. The van der Waals surface area contributed by atoms with E-state index >= 15 is 0 Å². The summed E-state index contributed by atoms with van der Waals surface area (Å²) in [6.45, 7) is 14.1. The summed E-state index contributed by atoms with van der Waals surface area (Å²) in [6, 6.07) is 0. The van der Waals surface area contributed by atoms with Crippen molar-refractivity contribution in [3.8, 4) is 0 Å². The molecule has 0 amide bonds. The van der Waals surface area contributed by atoms with Crippen LogP contribution in [0, 0.1) is 5.41 Å². The fourth-order valence-electron chi connectivity index (χ4n) is 1.16. The van der Waals surface area contributed by atoms with Gasteiger partial charge in [-0.1, -0.05) is 41.0 Å². The SMILES string of the molecule is CC.CCC.CNCCC1(C)CNC1. The Hall–Kier alpha value is -0.0800. The Labute approximate surface area is 90.9 Å². The first-order valence-corrected chi connectivity index (χ1v) is 6.04. The molecule has 88 valence electrons. The molecule has 14 heavy (non-hydrogen) atoms. The standard InChI is InChI=1S/C7H16N2.C3H8.C2H6/c1-7(3-4-8-2)5-9-6-7;1-3-2;1-2/h8-9H,3-6H2,1-2H3;3H2,1-2H3;1-2H3. The van der Waals surface area contributed by atoms with Gasteiger partial charge in [-0.15, -0.1) is 0 Å². The van der Waals surface area contributed by atoms with Gasteiger partial charge >= 0.3 is 0 Å². The molecule has 0 unspecified atom stereocenters. The zero-order chi connectivity index (χ0) is 11.4. The average molecular weight is 202 g/mol. The van der Waals surface area contributed by atoms with Gasteiger partial charge in [0.25, 0.3) is 0 Å². The summed E-state index contributed by atoms with van der Waals surface area (Å²) in [5, 5.41) is 6.45. The molecule has 0 radical (unpaired) electrons. The molecule has 0 bridgehead atoms. The second-order valence-electron chi connectivity index (χ2n) is 3.97. The monoisotopic (exact) mass is 202 g/mol. The van der Waals surface area contributed by atoms with Gasteiger partial charge in [0.2, 0.25) is 0 Å². The Morgan fingerprint density at radius 3 is 1.86 bits per heavy atom. The lowest BCUT2D eigenvalue weighted by Crippen LogP contribution is -2.52. The van der Waals surface area contributed by atoms with E-state index in [0.29, 0.717) is 5.41 Å². The predicted molar refractivity (Wildman–Crippen MR) is 66.8 cm³/mol. The predicted octanol–water partition coefficient (Wildman–Crippen LogP) is 2.65. The van der Waals surface area contributed by atoms with Crippen molar-refractivity contribution in [3.05, 3.63) is 0 Å².